The Balaban J connectivity index is 1.96. The third-order valence-corrected chi connectivity index (χ3v) is 3.36. The average molecular weight is 305 g/mol. The van der Waals surface area contributed by atoms with Crippen molar-refractivity contribution >= 4 is 17.4 Å². The fourth-order valence-electron chi connectivity index (χ4n) is 2.03. The van der Waals surface area contributed by atoms with Gasteiger partial charge in [0.05, 0.1) is 17.2 Å². The van der Waals surface area contributed by atoms with E-state index in [1.54, 1.807) is 18.2 Å². The monoisotopic (exact) mass is 304 g/mol. The highest BCUT2D eigenvalue weighted by atomic mass is 35.5. The number of rotatable bonds is 6. The van der Waals surface area contributed by atoms with Crippen molar-refractivity contribution in [3.05, 3.63) is 64.7 Å². The Labute approximate surface area is 128 Å². The van der Waals surface area contributed by atoms with Crippen LogP contribution in [0.1, 0.15) is 17.5 Å². The first-order chi connectivity index (χ1) is 10.2. The fraction of sp³-hybridized carbons (Fsp3) is 0.188. The van der Waals surface area contributed by atoms with Gasteiger partial charge in [-0.25, -0.2) is 0 Å². The Hall–Kier alpha value is -2.20. The van der Waals surface area contributed by atoms with E-state index in [1.807, 2.05) is 18.2 Å². The van der Waals surface area contributed by atoms with Gasteiger partial charge in [0.25, 0.3) is 0 Å². The predicted octanol–water partition coefficient (Wildman–Crippen LogP) is 3.45. The van der Waals surface area contributed by atoms with Gasteiger partial charge in [-0.05, 0) is 30.5 Å². The molecule has 2 rings (SSSR count). The predicted molar refractivity (Wildman–Crippen MR) is 84.2 cm³/mol. The van der Waals surface area contributed by atoms with Crippen molar-refractivity contribution in [2.45, 2.75) is 12.8 Å². The Morgan fingerprint density at radius 1 is 1.14 bits per heavy atom. The van der Waals surface area contributed by atoms with E-state index < -0.39 is 0 Å². The summed E-state index contributed by atoms with van der Waals surface area (Å²) in [4.78, 5) is 0. The number of nitrogens with two attached hydrogens (primary N) is 1. The van der Waals surface area contributed by atoms with Crippen LogP contribution in [0.4, 0.5) is 0 Å². The minimum absolute atomic E-state index is 0.0568. The minimum Gasteiger partial charge on any atom is -0.493 e. The van der Waals surface area contributed by atoms with E-state index in [9.17, 15) is 0 Å². The van der Waals surface area contributed by atoms with Gasteiger partial charge in [-0.15, -0.1) is 0 Å². The maximum absolute atomic E-state index is 8.81. The molecule has 2 aromatic carbocycles. The van der Waals surface area contributed by atoms with Crippen molar-refractivity contribution in [1.29, 1.82) is 0 Å². The molecule has 4 nitrogen and oxygen atoms in total. The molecule has 0 saturated carbocycles. The number of amidine groups is 1. The molecule has 3 N–H and O–H groups in total. The van der Waals surface area contributed by atoms with Gasteiger partial charge >= 0.3 is 0 Å². The number of hydrogen-bond donors (Lipinski definition) is 2. The molecule has 0 spiro atoms. The van der Waals surface area contributed by atoms with E-state index in [4.69, 9.17) is 27.3 Å². The zero-order chi connectivity index (χ0) is 15.1. The molecule has 0 heterocycles. The number of oxime groups is 1. The molecule has 0 atom stereocenters. The third-order valence-electron chi connectivity index (χ3n) is 3.05. The molecule has 0 aliphatic heterocycles. The first-order valence-electron chi connectivity index (χ1n) is 6.65. The summed E-state index contributed by atoms with van der Waals surface area (Å²) in [5.74, 6) is 0.463. The van der Waals surface area contributed by atoms with Gasteiger partial charge in [0.2, 0.25) is 0 Å². The summed E-state index contributed by atoms with van der Waals surface area (Å²) >= 11 is 6.06. The van der Waals surface area contributed by atoms with Gasteiger partial charge in [-0.1, -0.05) is 53.2 Å². The topological polar surface area (TPSA) is 67.8 Å². The second kappa shape index (κ2) is 7.55. The van der Waals surface area contributed by atoms with E-state index in [1.165, 1.54) is 5.56 Å². The quantitative estimate of drug-likeness (QED) is 0.282. The summed E-state index contributed by atoms with van der Waals surface area (Å²) in [5.41, 5.74) is 7.31. The average Bonchev–Trinajstić information content (AvgIpc) is 2.52. The highest BCUT2D eigenvalue weighted by molar-refractivity contribution is 6.34. The Bertz CT molecular complexity index is 615. The van der Waals surface area contributed by atoms with E-state index in [0.717, 1.165) is 12.8 Å². The van der Waals surface area contributed by atoms with Crippen molar-refractivity contribution in [2.24, 2.45) is 10.9 Å². The van der Waals surface area contributed by atoms with Crippen LogP contribution in [-0.2, 0) is 6.42 Å². The maximum Gasteiger partial charge on any atom is 0.175 e. The molecule has 0 saturated heterocycles. The van der Waals surface area contributed by atoms with Gasteiger partial charge in [-0.3, -0.25) is 0 Å². The summed E-state index contributed by atoms with van der Waals surface area (Å²) in [6.07, 6.45) is 1.80. The van der Waals surface area contributed by atoms with Crippen LogP contribution in [0.3, 0.4) is 0 Å². The smallest absolute Gasteiger partial charge is 0.175 e. The third kappa shape index (κ3) is 4.13. The lowest BCUT2D eigenvalue weighted by Crippen LogP contribution is -2.16. The molecule has 0 bridgehead atoms. The van der Waals surface area contributed by atoms with Crippen molar-refractivity contribution in [3.63, 3.8) is 0 Å². The maximum atomic E-state index is 8.81. The molecule has 0 aliphatic carbocycles. The minimum atomic E-state index is -0.0568. The van der Waals surface area contributed by atoms with E-state index in [2.05, 4.69) is 17.3 Å². The lowest BCUT2D eigenvalue weighted by molar-refractivity contribution is 0.307. The lowest BCUT2D eigenvalue weighted by Gasteiger charge is -2.12. The highest BCUT2D eigenvalue weighted by Gasteiger charge is 2.12. The molecular formula is C16H17ClN2O2. The number of ether oxygens (including phenoxy) is 1. The van der Waals surface area contributed by atoms with Crippen LogP contribution < -0.4 is 10.5 Å². The van der Waals surface area contributed by atoms with Gasteiger partial charge in [-0.2, -0.15) is 0 Å². The van der Waals surface area contributed by atoms with Crippen molar-refractivity contribution < 1.29 is 9.94 Å². The second-order valence-corrected chi connectivity index (χ2v) is 4.94. The second-order valence-electron chi connectivity index (χ2n) is 4.54. The Kier molecular flexibility index (Phi) is 5.46. The van der Waals surface area contributed by atoms with E-state index in [-0.39, 0.29) is 5.84 Å². The molecule has 21 heavy (non-hydrogen) atoms. The van der Waals surface area contributed by atoms with Crippen LogP contribution in [0.2, 0.25) is 5.02 Å². The zero-order valence-corrected chi connectivity index (χ0v) is 12.3. The van der Waals surface area contributed by atoms with Crippen molar-refractivity contribution in [3.8, 4) is 5.75 Å². The van der Waals surface area contributed by atoms with Gasteiger partial charge in [0.15, 0.2) is 5.84 Å². The zero-order valence-electron chi connectivity index (χ0n) is 11.5. The number of aryl methyl sites for hydroxylation is 1. The van der Waals surface area contributed by atoms with Crippen molar-refractivity contribution in [2.75, 3.05) is 6.61 Å². The molecule has 0 fully saturated rings. The van der Waals surface area contributed by atoms with Gasteiger partial charge in [0.1, 0.15) is 5.75 Å². The van der Waals surface area contributed by atoms with Crippen LogP contribution in [0.15, 0.2) is 53.7 Å². The van der Waals surface area contributed by atoms with Gasteiger partial charge in [0, 0.05) is 0 Å². The van der Waals surface area contributed by atoms with Crippen LogP contribution >= 0.6 is 11.6 Å². The summed E-state index contributed by atoms with van der Waals surface area (Å²) < 4.78 is 5.71. The first kappa shape index (κ1) is 15.2. The lowest BCUT2D eigenvalue weighted by atomic mass is 10.1. The molecule has 2 aromatic rings. The number of nitrogens with zero attached hydrogens (tertiary/aromatic N) is 1. The summed E-state index contributed by atoms with van der Waals surface area (Å²) in [6.45, 7) is 0.529. The fourth-order valence-corrected chi connectivity index (χ4v) is 2.29. The molecule has 0 amide bonds. The first-order valence-corrected chi connectivity index (χ1v) is 7.03. The summed E-state index contributed by atoms with van der Waals surface area (Å²) in [7, 11) is 0. The number of hydrogen-bond acceptors (Lipinski definition) is 3. The van der Waals surface area contributed by atoms with Gasteiger partial charge < -0.3 is 15.7 Å². The molecule has 0 radical (unpaired) electrons. The molecule has 5 heteroatoms. The number of halogens is 1. The molecule has 0 aromatic heterocycles. The summed E-state index contributed by atoms with van der Waals surface area (Å²) in [6, 6.07) is 15.4. The van der Waals surface area contributed by atoms with Crippen LogP contribution in [0, 0.1) is 0 Å². The normalized spacial score (nSPS) is 11.4. The summed E-state index contributed by atoms with van der Waals surface area (Å²) in [5, 5.41) is 12.2. The standard InChI is InChI=1S/C16H17ClN2O2/c17-13-9-4-10-14(15(13)16(18)19-20)21-11-5-8-12-6-2-1-3-7-12/h1-4,6-7,9-10,20H,5,8,11H2,(H2,18,19). The van der Waals surface area contributed by atoms with Crippen molar-refractivity contribution in [1.82, 2.24) is 0 Å². The van der Waals surface area contributed by atoms with E-state index >= 15 is 0 Å². The van der Waals surface area contributed by atoms with Crippen LogP contribution in [-0.4, -0.2) is 17.6 Å². The van der Waals surface area contributed by atoms with E-state index in [0.29, 0.717) is 22.9 Å². The molecular weight excluding hydrogens is 288 g/mol. The SMILES string of the molecule is NC(=NO)c1c(Cl)cccc1OCCCc1ccccc1. The van der Waals surface area contributed by atoms with Crippen LogP contribution in [0.5, 0.6) is 5.75 Å². The molecule has 0 unspecified atom stereocenters. The molecule has 110 valence electrons. The highest BCUT2D eigenvalue weighted by Crippen LogP contribution is 2.26. The largest absolute Gasteiger partial charge is 0.493 e. The van der Waals surface area contributed by atoms with Crippen LogP contribution in [0.25, 0.3) is 0 Å². The molecule has 0 aliphatic rings. The number of benzene rings is 2. The Morgan fingerprint density at radius 3 is 2.62 bits per heavy atom. The Morgan fingerprint density at radius 2 is 1.90 bits per heavy atom.